The number of aliphatic hydroxyl groups is 1. The van der Waals surface area contributed by atoms with E-state index in [1.54, 1.807) is 30.3 Å². The summed E-state index contributed by atoms with van der Waals surface area (Å²) in [4.78, 5) is 32.5. The second-order valence-corrected chi connectivity index (χ2v) is 5.55. The van der Waals surface area contributed by atoms with Gasteiger partial charge in [-0.15, -0.1) is 0 Å². The first kappa shape index (κ1) is 20.6. The van der Waals surface area contributed by atoms with Gasteiger partial charge in [-0.2, -0.15) is 0 Å². The summed E-state index contributed by atoms with van der Waals surface area (Å²) in [5, 5.41) is 34.9. The zero-order valence-corrected chi connectivity index (χ0v) is 14.7. The maximum atomic E-state index is 11.9. The number of nitro benzene ring substituents is 2. The number of para-hydroxylation sites is 1. The zero-order valence-electron chi connectivity index (χ0n) is 14.7. The van der Waals surface area contributed by atoms with Crippen LogP contribution >= 0.6 is 0 Å². The summed E-state index contributed by atoms with van der Waals surface area (Å²) < 4.78 is 9.93. The van der Waals surface area contributed by atoms with Gasteiger partial charge in [-0.3, -0.25) is 20.2 Å². The fraction of sp³-hybridized carbons (Fsp3) is 0.235. The first-order valence-corrected chi connectivity index (χ1v) is 7.98. The van der Waals surface area contributed by atoms with Crippen molar-refractivity contribution in [3.63, 3.8) is 0 Å². The number of hydrogen-bond donors (Lipinski definition) is 2. The van der Waals surface area contributed by atoms with E-state index in [0.717, 1.165) is 19.2 Å². The molecule has 2 aromatic rings. The average molecular weight is 391 g/mol. The Kier molecular flexibility index (Phi) is 6.82. The molecule has 0 aliphatic heterocycles. The summed E-state index contributed by atoms with van der Waals surface area (Å²) in [5.41, 5.74) is -2.00. The Labute approximate surface area is 158 Å². The lowest BCUT2D eigenvalue weighted by molar-refractivity contribution is -0.393. The predicted octanol–water partition coefficient (Wildman–Crippen LogP) is 2.14. The van der Waals surface area contributed by atoms with Gasteiger partial charge in [0.25, 0.3) is 11.4 Å². The van der Waals surface area contributed by atoms with Crippen molar-refractivity contribution in [3.05, 3.63) is 68.3 Å². The number of carbonyl (C=O) groups is 1. The van der Waals surface area contributed by atoms with E-state index in [9.17, 15) is 30.1 Å². The number of nitro groups is 2. The molecular formula is C17H17N3O8. The van der Waals surface area contributed by atoms with Gasteiger partial charge in [0.15, 0.2) is 0 Å². The summed E-state index contributed by atoms with van der Waals surface area (Å²) in [7, 11) is 1.04. The van der Waals surface area contributed by atoms with Crippen LogP contribution in [-0.2, 0) is 4.74 Å². The van der Waals surface area contributed by atoms with E-state index < -0.39 is 33.3 Å². The third-order valence-corrected chi connectivity index (χ3v) is 3.62. The predicted molar refractivity (Wildman–Crippen MR) is 97.5 cm³/mol. The van der Waals surface area contributed by atoms with Crippen molar-refractivity contribution in [2.45, 2.75) is 6.10 Å². The van der Waals surface area contributed by atoms with Gasteiger partial charge in [0, 0.05) is 12.6 Å². The number of nitrogens with one attached hydrogen (secondary N) is 1. The molecule has 0 heterocycles. The summed E-state index contributed by atoms with van der Waals surface area (Å²) >= 11 is 0. The number of carbonyl (C=O) groups excluding carboxylic acids is 1. The highest BCUT2D eigenvalue weighted by molar-refractivity contribution is 5.99. The van der Waals surface area contributed by atoms with Gasteiger partial charge in [0.1, 0.15) is 24.1 Å². The maximum Gasteiger partial charge on any atom is 0.340 e. The number of ether oxygens (including phenoxy) is 2. The molecule has 11 heteroatoms. The van der Waals surface area contributed by atoms with E-state index in [4.69, 9.17) is 4.74 Å². The number of methoxy groups -OCH3 is 1. The first-order chi connectivity index (χ1) is 13.3. The number of non-ortho nitro benzene ring substituents is 1. The molecule has 1 unspecified atom stereocenters. The van der Waals surface area contributed by atoms with E-state index in [0.29, 0.717) is 5.75 Å². The molecule has 0 bridgehead atoms. The quantitative estimate of drug-likeness (QED) is 0.371. The van der Waals surface area contributed by atoms with Gasteiger partial charge in [-0.1, -0.05) is 18.2 Å². The Morgan fingerprint density at radius 2 is 1.86 bits per heavy atom. The van der Waals surface area contributed by atoms with Gasteiger partial charge >= 0.3 is 5.97 Å². The molecule has 28 heavy (non-hydrogen) atoms. The standard InChI is InChI=1S/C17H17N3O8/c1-27-17(22)14-7-11(19(23)24)8-15(20(25)26)16(14)18-9-12(21)10-28-13-5-3-2-4-6-13/h2-8,12,18,21H,9-10H2,1H3. The van der Waals surface area contributed by atoms with E-state index >= 15 is 0 Å². The topological polar surface area (TPSA) is 154 Å². The van der Waals surface area contributed by atoms with Crippen molar-refractivity contribution < 1.29 is 29.2 Å². The Balaban J connectivity index is 2.21. The molecule has 148 valence electrons. The lowest BCUT2D eigenvalue weighted by atomic mass is 10.1. The molecule has 0 amide bonds. The minimum atomic E-state index is -1.08. The number of benzene rings is 2. The lowest BCUT2D eigenvalue weighted by Gasteiger charge is -2.15. The van der Waals surface area contributed by atoms with Crippen LogP contribution < -0.4 is 10.1 Å². The van der Waals surface area contributed by atoms with Gasteiger partial charge < -0.3 is 19.9 Å². The number of nitrogens with zero attached hydrogens (tertiary/aromatic N) is 2. The van der Waals surface area contributed by atoms with Crippen molar-refractivity contribution in [1.29, 1.82) is 0 Å². The molecule has 2 N–H and O–H groups in total. The van der Waals surface area contributed by atoms with Gasteiger partial charge in [-0.25, -0.2) is 4.79 Å². The van der Waals surface area contributed by atoms with Gasteiger partial charge in [0.2, 0.25) is 0 Å². The molecule has 0 fully saturated rings. The van der Waals surface area contributed by atoms with E-state index in [2.05, 4.69) is 10.1 Å². The number of aliphatic hydroxyl groups excluding tert-OH is 1. The van der Waals surface area contributed by atoms with Crippen molar-refractivity contribution in [3.8, 4) is 5.75 Å². The average Bonchev–Trinajstić information content (AvgIpc) is 2.69. The van der Waals surface area contributed by atoms with Crippen LogP contribution in [0, 0.1) is 20.2 Å². The third-order valence-electron chi connectivity index (χ3n) is 3.62. The van der Waals surface area contributed by atoms with Crippen LogP contribution in [0.15, 0.2) is 42.5 Å². The number of esters is 1. The van der Waals surface area contributed by atoms with Gasteiger partial charge in [-0.05, 0) is 12.1 Å². The van der Waals surface area contributed by atoms with Crippen molar-refractivity contribution >= 4 is 23.0 Å². The number of rotatable bonds is 9. The third kappa shape index (κ3) is 5.14. The normalized spacial score (nSPS) is 11.4. The molecule has 0 radical (unpaired) electrons. The van der Waals surface area contributed by atoms with Crippen molar-refractivity contribution in [2.24, 2.45) is 0 Å². The second-order valence-electron chi connectivity index (χ2n) is 5.55. The van der Waals surface area contributed by atoms with Crippen LogP contribution in [0.2, 0.25) is 0 Å². The molecule has 0 spiro atoms. The monoisotopic (exact) mass is 391 g/mol. The summed E-state index contributed by atoms with van der Waals surface area (Å²) in [5.74, 6) is -0.470. The molecule has 0 aliphatic carbocycles. The highest BCUT2D eigenvalue weighted by atomic mass is 16.6. The zero-order chi connectivity index (χ0) is 20.7. The van der Waals surface area contributed by atoms with Crippen LogP contribution in [0.3, 0.4) is 0 Å². The van der Waals surface area contributed by atoms with E-state index in [-0.39, 0.29) is 24.4 Å². The molecule has 2 aromatic carbocycles. The molecule has 0 aromatic heterocycles. The molecule has 2 rings (SSSR count). The molecule has 0 saturated carbocycles. The minimum absolute atomic E-state index is 0.120. The molecule has 0 saturated heterocycles. The Morgan fingerprint density at radius 3 is 2.43 bits per heavy atom. The summed E-state index contributed by atoms with van der Waals surface area (Å²) in [6, 6.07) is 10.3. The smallest absolute Gasteiger partial charge is 0.340 e. The highest BCUT2D eigenvalue weighted by Gasteiger charge is 2.28. The number of hydrogen-bond acceptors (Lipinski definition) is 9. The lowest BCUT2D eigenvalue weighted by Crippen LogP contribution is -2.27. The van der Waals surface area contributed by atoms with Crippen LogP contribution in [0.1, 0.15) is 10.4 Å². The summed E-state index contributed by atoms with van der Waals surface area (Å²) in [6.07, 6.45) is -1.08. The maximum absolute atomic E-state index is 11.9. The number of anilines is 1. The Morgan fingerprint density at radius 1 is 1.18 bits per heavy atom. The molecule has 11 nitrogen and oxygen atoms in total. The second kappa shape index (κ2) is 9.28. The van der Waals surface area contributed by atoms with E-state index in [1.807, 2.05) is 0 Å². The molecule has 0 aliphatic rings. The van der Waals surface area contributed by atoms with Crippen LogP contribution in [-0.4, -0.2) is 47.3 Å². The fourth-order valence-corrected chi connectivity index (χ4v) is 2.31. The molecule has 1 atom stereocenters. The van der Waals surface area contributed by atoms with Crippen molar-refractivity contribution in [2.75, 3.05) is 25.6 Å². The van der Waals surface area contributed by atoms with E-state index in [1.165, 1.54) is 0 Å². The Bertz CT molecular complexity index is 872. The minimum Gasteiger partial charge on any atom is -0.491 e. The molecular weight excluding hydrogens is 374 g/mol. The largest absolute Gasteiger partial charge is 0.491 e. The first-order valence-electron chi connectivity index (χ1n) is 7.98. The van der Waals surface area contributed by atoms with Gasteiger partial charge in [0.05, 0.1) is 28.6 Å². The fourth-order valence-electron chi connectivity index (χ4n) is 2.31. The summed E-state index contributed by atoms with van der Waals surface area (Å²) in [6.45, 7) is -0.333. The van der Waals surface area contributed by atoms with Crippen LogP contribution in [0.4, 0.5) is 17.1 Å². The Hall–Kier alpha value is -3.73. The highest BCUT2D eigenvalue weighted by Crippen LogP contribution is 2.33. The van der Waals surface area contributed by atoms with Crippen LogP contribution in [0.25, 0.3) is 0 Å². The van der Waals surface area contributed by atoms with Crippen molar-refractivity contribution in [1.82, 2.24) is 0 Å². The van der Waals surface area contributed by atoms with Crippen LogP contribution in [0.5, 0.6) is 5.75 Å². The SMILES string of the molecule is COC(=O)c1cc([N+](=O)[O-])cc([N+](=O)[O-])c1NCC(O)COc1ccccc1.